The van der Waals surface area contributed by atoms with E-state index < -0.39 is 17.6 Å². The van der Waals surface area contributed by atoms with E-state index in [-0.39, 0.29) is 53.8 Å². The van der Waals surface area contributed by atoms with Gasteiger partial charge in [-0.3, -0.25) is 14.4 Å². The first-order valence-electron chi connectivity index (χ1n) is 12.7. The molecule has 1 unspecified atom stereocenters. The molecule has 1 aromatic heterocycles. The van der Waals surface area contributed by atoms with E-state index in [1.165, 1.54) is 23.6 Å². The number of nitrogens with zero attached hydrogens (tertiary/aromatic N) is 2. The summed E-state index contributed by atoms with van der Waals surface area (Å²) in [5.74, 6) is -0.644. The SMILES string of the molecule is CC(=O)N1CCC[C@@H]1Cn1c(C)c(C(=O)NC(c2cccc(F)c2)C2CC2)c2c(c1=O)[C@@H](F)CC=C2. The van der Waals surface area contributed by atoms with Crippen LogP contribution in [0, 0.1) is 18.7 Å². The number of likely N-dealkylation sites (tertiary alicyclic amines) is 1. The summed E-state index contributed by atoms with van der Waals surface area (Å²) in [6.07, 6.45) is 5.29. The molecule has 0 radical (unpaired) electrons. The number of aromatic nitrogens is 1. The number of carbonyl (C=O) groups is 2. The van der Waals surface area contributed by atoms with Crippen LogP contribution in [-0.4, -0.2) is 33.9 Å². The van der Waals surface area contributed by atoms with Crippen molar-refractivity contribution in [3.05, 3.63) is 74.5 Å². The van der Waals surface area contributed by atoms with Crippen LogP contribution in [0.4, 0.5) is 8.78 Å². The van der Waals surface area contributed by atoms with Gasteiger partial charge in [0.25, 0.3) is 11.5 Å². The van der Waals surface area contributed by atoms with Crippen molar-refractivity contribution in [2.75, 3.05) is 6.54 Å². The molecule has 0 bridgehead atoms. The number of pyridine rings is 1. The molecule has 1 saturated heterocycles. The highest BCUT2D eigenvalue weighted by Crippen LogP contribution is 2.41. The van der Waals surface area contributed by atoms with Crippen molar-refractivity contribution in [2.24, 2.45) is 5.92 Å². The predicted molar refractivity (Wildman–Crippen MR) is 133 cm³/mol. The van der Waals surface area contributed by atoms with Crippen LogP contribution >= 0.6 is 0 Å². The topological polar surface area (TPSA) is 71.4 Å². The van der Waals surface area contributed by atoms with Gasteiger partial charge in [-0.05, 0) is 56.2 Å². The number of amides is 2. The molecule has 2 heterocycles. The first-order valence-corrected chi connectivity index (χ1v) is 12.7. The fraction of sp³-hybridized carbons (Fsp3) is 0.464. The molecule has 0 spiro atoms. The minimum atomic E-state index is -1.51. The lowest BCUT2D eigenvalue weighted by Gasteiger charge is -2.28. The number of hydrogen-bond donors (Lipinski definition) is 1. The lowest BCUT2D eigenvalue weighted by Crippen LogP contribution is -2.42. The van der Waals surface area contributed by atoms with Gasteiger partial charge in [-0.15, -0.1) is 0 Å². The Morgan fingerprint density at radius 3 is 2.69 bits per heavy atom. The molecule has 1 aliphatic heterocycles. The second kappa shape index (κ2) is 9.64. The molecule has 2 amide bonds. The number of alkyl halides is 1. The highest BCUT2D eigenvalue weighted by molar-refractivity contribution is 5.99. The molecule has 190 valence electrons. The maximum atomic E-state index is 15.1. The second-order valence-corrected chi connectivity index (χ2v) is 10.2. The van der Waals surface area contributed by atoms with Crippen LogP contribution in [-0.2, 0) is 11.3 Å². The fourth-order valence-electron chi connectivity index (χ4n) is 5.75. The van der Waals surface area contributed by atoms with E-state index in [2.05, 4.69) is 5.32 Å². The number of nitrogens with one attached hydrogen (secondary N) is 1. The largest absolute Gasteiger partial charge is 0.345 e. The van der Waals surface area contributed by atoms with Crippen LogP contribution in [0.2, 0.25) is 0 Å². The molecule has 5 rings (SSSR count). The standard InChI is InChI=1S/C28H31F2N3O3/c1-16-24(27(35)31-26(18-11-12-18)19-6-3-7-20(29)14-19)22-9-4-10-23(30)25(22)28(36)33(16)15-21-8-5-13-32(21)17(2)34/h3-4,6-7,9,14,18,21,23,26H,5,8,10-13,15H2,1-2H3,(H,31,35)/t21-,23+,26?/m1/s1. The summed E-state index contributed by atoms with van der Waals surface area (Å²) in [7, 11) is 0. The van der Waals surface area contributed by atoms with Crippen molar-refractivity contribution in [1.82, 2.24) is 14.8 Å². The molecule has 1 aromatic carbocycles. The average molecular weight is 496 g/mol. The van der Waals surface area contributed by atoms with Crippen LogP contribution in [0.15, 0.2) is 35.1 Å². The van der Waals surface area contributed by atoms with Gasteiger partial charge in [-0.25, -0.2) is 8.78 Å². The summed E-state index contributed by atoms with van der Waals surface area (Å²) in [5.41, 5.74) is 1.25. The van der Waals surface area contributed by atoms with Crippen molar-refractivity contribution in [3.8, 4) is 0 Å². The first kappa shape index (κ1) is 24.4. The molecule has 1 N–H and O–H groups in total. The predicted octanol–water partition coefficient (Wildman–Crippen LogP) is 4.62. The summed E-state index contributed by atoms with van der Waals surface area (Å²) < 4.78 is 30.5. The van der Waals surface area contributed by atoms with Gasteiger partial charge in [0.2, 0.25) is 5.91 Å². The third-order valence-corrected chi connectivity index (χ3v) is 7.73. The van der Waals surface area contributed by atoms with Crippen LogP contribution in [0.5, 0.6) is 0 Å². The van der Waals surface area contributed by atoms with Crippen LogP contribution in [0.25, 0.3) is 6.08 Å². The molecule has 8 heteroatoms. The Morgan fingerprint density at radius 1 is 1.22 bits per heavy atom. The molecule has 1 saturated carbocycles. The van der Waals surface area contributed by atoms with E-state index >= 15 is 4.39 Å². The minimum Gasteiger partial charge on any atom is -0.345 e. The molecular formula is C28H31F2N3O3. The summed E-state index contributed by atoms with van der Waals surface area (Å²) in [6.45, 7) is 4.04. The Morgan fingerprint density at radius 2 is 2.00 bits per heavy atom. The second-order valence-electron chi connectivity index (χ2n) is 10.2. The lowest BCUT2D eigenvalue weighted by molar-refractivity contribution is -0.129. The zero-order valence-electron chi connectivity index (χ0n) is 20.6. The lowest BCUT2D eigenvalue weighted by atomic mass is 9.91. The molecule has 2 fully saturated rings. The van der Waals surface area contributed by atoms with Gasteiger partial charge in [0.05, 0.1) is 17.2 Å². The van der Waals surface area contributed by atoms with Gasteiger partial charge < -0.3 is 14.8 Å². The van der Waals surface area contributed by atoms with Gasteiger partial charge in [-0.1, -0.05) is 24.3 Å². The van der Waals surface area contributed by atoms with Crippen molar-refractivity contribution in [2.45, 2.75) is 70.8 Å². The summed E-state index contributed by atoms with van der Waals surface area (Å²) >= 11 is 0. The fourth-order valence-corrected chi connectivity index (χ4v) is 5.75. The normalized spacial score (nSPS) is 21.8. The van der Waals surface area contributed by atoms with Crippen molar-refractivity contribution < 1.29 is 18.4 Å². The third-order valence-electron chi connectivity index (χ3n) is 7.73. The number of rotatable bonds is 6. The third kappa shape index (κ3) is 4.49. The Hall–Kier alpha value is -3.29. The van der Waals surface area contributed by atoms with Crippen LogP contribution < -0.4 is 10.9 Å². The van der Waals surface area contributed by atoms with Gasteiger partial charge in [0, 0.05) is 43.7 Å². The highest BCUT2D eigenvalue weighted by Gasteiger charge is 2.36. The summed E-state index contributed by atoms with van der Waals surface area (Å²) in [4.78, 5) is 41.1. The molecular weight excluding hydrogens is 464 g/mol. The van der Waals surface area contributed by atoms with E-state index in [1.54, 1.807) is 36.1 Å². The molecule has 36 heavy (non-hydrogen) atoms. The Labute approximate surface area is 209 Å². The number of carbonyl (C=O) groups excluding carboxylic acids is 2. The summed E-state index contributed by atoms with van der Waals surface area (Å²) in [5, 5.41) is 3.07. The zero-order chi connectivity index (χ0) is 25.6. The van der Waals surface area contributed by atoms with Gasteiger partial charge >= 0.3 is 0 Å². The molecule has 2 aromatic rings. The van der Waals surface area contributed by atoms with E-state index in [1.807, 2.05) is 0 Å². The van der Waals surface area contributed by atoms with Crippen molar-refractivity contribution in [1.29, 1.82) is 0 Å². The number of benzene rings is 1. The van der Waals surface area contributed by atoms with Crippen LogP contribution in [0.3, 0.4) is 0 Å². The van der Waals surface area contributed by atoms with Gasteiger partial charge in [0.1, 0.15) is 12.0 Å². The number of allylic oxidation sites excluding steroid dienone is 1. The molecule has 2 aliphatic carbocycles. The van der Waals surface area contributed by atoms with Crippen LogP contribution in [0.1, 0.15) is 84.0 Å². The average Bonchev–Trinajstić information content (AvgIpc) is 3.56. The minimum absolute atomic E-state index is 0.00523. The highest BCUT2D eigenvalue weighted by atomic mass is 19.1. The van der Waals surface area contributed by atoms with Gasteiger partial charge in [-0.2, -0.15) is 0 Å². The maximum Gasteiger partial charge on any atom is 0.257 e. The van der Waals surface area contributed by atoms with E-state index in [0.29, 0.717) is 23.4 Å². The van der Waals surface area contributed by atoms with Gasteiger partial charge in [0.15, 0.2) is 0 Å². The monoisotopic (exact) mass is 495 g/mol. The number of fused-ring (bicyclic) bond motifs is 1. The van der Waals surface area contributed by atoms with Crippen molar-refractivity contribution in [3.63, 3.8) is 0 Å². The van der Waals surface area contributed by atoms with E-state index in [0.717, 1.165) is 25.7 Å². The Kier molecular flexibility index (Phi) is 6.53. The smallest absolute Gasteiger partial charge is 0.257 e. The molecule has 6 nitrogen and oxygen atoms in total. The zero-order valence-corrected chi connectivity index (χ0v) is 20.6. The Bertz CT molecular complexity index is 1300. The molecule has 3 atom stereocenters. The quantitative estimate of drug-likeness (QED) is 0.636. The molecule has 3 aliphatic rings. The maximum absolute atomic E-state index is 15.1. The van der Waals surface area contributed by atoms with E-state index in [9.17, 15) is 18.8 Å². The van der Waals surface area contributed by atoms with Crippen molar-refractivity contribution >= 4 is 17.9 Å². The number of hydrogen-bond acceptors (Lipinski definition) is 3. The van der Waals surface area contributed by atoms with E-state index in [4.69, 9.17) is 0 Å². The number of halogens is 2. The Balaban J connectivity index is 1.56. The summed E-state index contributed by atoms with van der Waals surface area (Å²) in [6, 6.07) is 5.66. The first-order chi connectivity index (χ1) is 17.3.